The van der Waals surface area contributed by atoms with Crippen molar-refractivity contribution >= 4 is 28.5 Å². The van der Waals surface area contributed by atoms with Gasteiger partial charge >= 0.3 is 0 Å². The number of benzene rings is 2. The Kier molecular flexibility index (Phi) is 4.27. The second kappa shape index (κ2) is 7.09. The van der Waals surface area contributed by atoms with E-state index < -0.39 is 0 Å². The molecule has 4 aromatic rings. The Hall–Kier alpha value is -3.61. The van der Waals surface area contributed by atoms with Crippen LogP contribution in [0.25, 0.3) is 11.0 Å². The van der Waals surface area contributed by atoms with Crippen LogP contribution >= 0.6 is 0 Å². The molecule has 0 fully saturated rings. The number of fused-ring (bicyclic) bond motifs is 2. The van der Waals surface area contributed by atoms with E-state index in [9.17, 15) is 0 Å². The van der Waals surface area contributed by atoms with Gasteiger partial charge in [-0.15, -0.1) is 0 Å². The molecule has 146 valence electrons. The molecule has 1 unspecified atom stereocenters. The van der Waals surface area contributed by atoms with Crippen molar-refractivity contribution in [3.05, 3.63) is 71.4 Å². The molecular formula is C22H23N7. The summed E-state index contributed by atoms with van der Waals surface area (Å²) in [5, 5.41) is 11.4. The van der Waals surface area contributed by atoms with Gasteiger partial charge in [0, 0.05) is 24.8 Å². The third-order valence-corrected chi connectivity index (χ3v) is 5.36. The summed E-state index contributed by atoms with van der Waals surface area (Å²) in [5.74, 6) is 0.957. The largest absolute Gasteiger partial charge is 0.368 e. The predicted molar refractivity (Wildman–Crippen MR) is 116 cm³/mol. The van der Waals surface area contributed by atoms with E-state index in [1.54, 1.807) is 6.20 Å². The van der Waals surface area contributed by atoms with E-state index in [4.69, 9.17) is 5.73 Å². The average molecular weight is 385 g/mol. The molecule has 0 saturated carbocycles. The molecule has 0 spiro atoms. The smallest absolute Gasteiger partial charge is 0.224 e. The number of aromatic nitrogens is 4. The SMILES string of the molecule is Cc1cccc(CN2CC(Nc3nc(N)nc4[nH]ncc34)Cc3ccccc32)c1. The van der Waals surface area contributed by atoms with Crippen molar-refractivity contribution in [1.82, 2.24) is 20.2 Å². The maximum Gasteiger partial charge on any atom is 0.224 e. The zero-order chi connectivity index (χ0) is 19.8. The highest BCUT2D eigenvalue weighted by Crippen LogP contribution is 2.30. The van der Waals surface area contributed by atoms with Gasteiger partial charge in [-0.05, 0) is 30.5 Å². The molecule has 5 rings (SSSR count). The summed E-state index contributed by atoms with van der Waals surface area (Å²) in [5.41, 5.74) is 11.7. The number of nitrogen functional groups attached to an aromatic ring is 1. The van der Waals surface area contributed by atoms with Crippen LogP contribution < -0.4 is 16.0 Å². The van der Waals surface area contributed by atoms with Gasteiger partial charge in [-0.25, -0.2) is 0 Å². The standard InChI is InChI=1S/C22H23N7/c1-14-5-4-6-15(9-14)12-29-13-17(10-16-7-2-3-8-19(16)29)25-20-18-11-24-28-21(18)27-22(23)26-20/h2-9,11,17H,10,12-13H2,1H3,(H4,23,24,25,26,27,28). The summed E-state index contributed by atoms with van der Waals surface area (Å²) in [6, 6.07) is 17.5. The fourth-order valence-electron chi connectivity index (χ4n) is 4.12. The summed E-state index contributed by atoms with van der Waals surface area (Å²) < 4.78 is 0. The molecule has 0 aliphatic carbocycles. The first-order valence-corrected chi connectivity index (χ1v) is 9.77. The predicted octanol–water partition coefficient (Wildman–Crippen LogP) is 3.29. The van der Waals surface area contributed by atoms with E-state index in [1.807, 2.05) is 0 Å². The number of rotatable bonds is 4. The Morgan fingerprint density at radius 1 is 1.17 bits per heavy atom. The minimum Gasteiger partial charge on any atom is -0.368 e. The van der Waals surface area contributed by atoms with Crippen LogP contribution in [0.3, 0.4) is 0 Å². The third kappa shape index (κ3) is 3.47. The van der Waals surface area contributed by atoms with E-state index in [0.29, 0.717) is 5.65 Å². The maximum absolute atomic E-state index is 5.89. The van der Waals surface area contributed by atoms with Crippen molar-refractivity contribution < 1.29 is 0 Å². The van der Waals surface area contributed by atoms with E-state index in [2.05, 4.69) is 85.8 Å². The van der Waals surface area contributed by atoms with Crippen LogP contribution in [0.2, 0.25) is 0 Å². The first-order valence-electron chi connectivity index (χ1n) is 9.77. The maximum atomic E-state index is 5.89. The molecule has 0 saturated heterocycles. The first kappa shape index (κ1) is 17.5. The number of nitrogens with zero attached hydrogens (tertiary/aromatic N) is 4. The number of para-hydroxylation sites is 1. The fraction of sp³-hybridized carbons (Fsp3) is 0.227. The van der Waals surface area contributed by atoms with Gasteiger partial charge in [0.2, 0.25) is 5.95 Å². The molecule has 7 nitrogen and oxygen atoms in total. The van der Waals surface area contributed by atoms with E-state index in [-0.39, 0.29) is 12.0 Å². The Morgan fingerprint density at radius 2 is 2.07 bits per heavy atom. The molecule has 0 radical (unpaired) electrons. The summed E-state index contributed by atoms with van der Waals surface area (Å²) in [7, 11) is 0. The highest BCUT2D eigenvalue weighted by molar-refractivity contribution is 5.87. The van der Waals surface area contributed by atoms with Crippen LogP contribution in [0.5, 0.6) is 0 Å². The molecule has 0 bridgehead atoms. The Balaban J connectivity index is 1.45. The van der Waals surface area contributed by atoms with Gasteiger partial charge in [-0.1, -0.05) is 48.0 Å². The second-order valence-electron chi connectivity index (χ2n) is 7.61. The number of hydrogen-bond donors (Lipinski definition) is 3. The monoisotopic (exact) mass is 385 g/mol. The number of anilines is 3. The number of hydrogen-bond acceptors (Lipinski definition) is 6. The molecular weight excluding hydrogens is 362 g/mol. The van der Waals surface area contributed by atoms with Crippen LogP contribution in [0.1, 0.15) is 16.7 Å². The molecule has 29 heavy (non-hydrogen) atoms. The summed E-state index contributed by atoms with van der Waals surface area (Å²) in [4.78, 5) is 11.1. The minimum absolute atomic E-state index is 0.196. The van der Waals surface area contributed by atoms with E-state index >= 15 is 0 Å². The van der Waals surface area contributed by atoms with Crippen molar-refractivity contribution in [3.8, 4) is 0 Å². The topological polar surface area (TPSA) is 95.7 Å². The lowest BCUT2D eigenvalue weighted by atomic mass is 9.97. The molecule has 1 aliphatic rings. The molecule has 3 heterocycles. The lowest BCUT2D eigenvalue weighted by molar-refractivity contribution is 0.628. The zero-order valence-corrected chi connectivity index (χ0v) is 16.3. The zero-order valence-electron chi connectivity index (χ0n) is 16.3. The van der Waals surface area contributed by atoms with Crippen LogP contribution in [0, 0.1) is 6.92 Å². The third-order valence-electron chi connectivity index (χ3n) is 5.36. The number of aromatic amines is 1. The number of nitrogens with two attached hydrogens (primary N) is 1. The summed E-state index contributed by atoms with van der Waals surface area (Å²) in [6.45, 7) is 3.87. The summed E-state index contributed by atoms with van der Waals surface area (Å²) >= 11 is 0. The van der Waals surface area contributed by atoms with Gasteiger partial charge in [-0.3, -0.25) is 5.10 Å². The minimum atomic E-state index is 0.196. The molecule has 2 aromatic carbocycles. The molecule has 2 aromatic heterocycles. The van der Waals surface area contributed by atoms with Crippen molar-refractivity contribution in [3.63, 3.8) is 0 Å². The molecule has 0 amide bonds. The highest BCUT2D eigenvalue weighted by Gasteiger charge is 2.25. The second-order valence-corrected chi connectivity index (χ2v) is 7.61. The molecule has 1 atom stereocenters. The van der Waals surface area contributed by atoms with Crippen molar-refractivity contribution in [2.24, 2.45) is 0 Å². The van der Waals surface area contributed by atoms with Crippen molar-refractivity contribution in [2.75, 3.05) is 22.5 Å². The molecule has 1 aliphatic heterocycles. The van der Waals surface area contributed by atoms with Gasteiger partial charge in [0.05, 0.1) is 11.6 Å². The van der Waals surface area contributed by atoms with Crippen LogP contribution in [-0.4, -0.2) is 32.8 Å². The quantitative estimate of drug-likeness (QED) is 0.499. The Bertz CT molecular complexity index is 1170. The van der Waals surface area contributed by atoms with Gasteiger partial charge in [0.1, 0.15) is 5.82 Å². The first-order chi connectivity index (χ1) is 14.2. The van der Waals surface area contributed by atoms with Gasteiger partial charge in [0.15, 0.2) is 5.65 Å². The summed E-state index contributed by atoms with van der Waals surface area (Å²) in [6.07, 6.45) is 2.65. The number of nitrogens with one attached hydrogen (secondary N) is 2. The normalized spacial score (nSPS) is 16.0. The highest BCUT2D eigenvalue weighted by atomic mass is 15.2. The van der Waals surface area contributed by atoms with Gasteiger partial charge < -0.3 is 16.0 Å². The van der Waals surface area contributed by atoms with Crippen molar-refractivity contribution in [1.29, 1.82) is 0 Å². The lowest BCUT2D eigenvalue weighted by Crippen LogP contribution is -2.42. The van der Waals surface area contributed by atoms with Gasteiger partial charge in [0.25, 0.3) is 0 Å². The van der Waals surface area contributed by atoms with Crippen LogP contribution in [0.4, 0.5) is 17.5 Å². The molecule has 7 heteroatoms. The Morgan fingerprint density at radius 3 is 2.97 bits per heavy atom. The van der Waals surface area contributed by atoms with Crippen LogP contribution in [-0.2, 0) is 13.0 Å². The number of aryl methyl sites for hydroxylation is 1. The lowest BCUT2D eigenvalue weighted by Gasteiger charge is -2.37. The Labute approximate surface area is 169 Å². The number of H-pyrrole nitrogens is 1. The average Bonchev–Trinajstić information content (AvgIpc) is 3.17. The van der Waals surface area contributed by atoms with E-state index in [0.717, 1.165) is 30.7 Å². The van der Waals surface area contributed by atoms with E-state index in [1.165, 1.54) is 22.4 Å². The molecule has 4 N–H and O–H groups in total. The van der Waals surface area contributed by atoms with Crippen molar-refractivity contribution in [2.45, 2.75) is 25.9 Å². The van der Waals surface area contributed by atoms with Crippen LogP contribution in [0.15, 0.2) is 54.7 Å². The fourth-order valence-corrected chi connectivity index (χ4v) is 4.12. The van der Waals surface area contributed by atoms with Gasteiger partial charge in [-0.2, -0.15) is 15.1 Å².